The summed E-state index contributed by atoms with van der Waals surface area (Å²) in [5.41, 5.74) is 0.369. The Bertz CT molecular complexity index is 625. The van der Waals surface area contributed by atoms with Crippen LogP contribution < -0.4 is 5.32 Å². The molecule has 132 valence electrons. The van der Waals surface area contributed by atoms with Gasteiger partial charge in [0.05, 0.1) is 0 Å². The summed E-state index contributed by atoms with van der Waals surface area (Å²) in [5.74, 6) is -0.590. The number of halogens is 1. The van der Waals surface area contributed by atoms with Gasteiger partial charge in [-0.2, -0.15) is 0 Å². The van der Waals surface area contributed by atoms with Crippen molar-refractivity contribution in [2.24, 2.45) is 0 Å². The van der Waals surface area contributed by atoms with Gasteiger partial charge in [-0.25, -0.2) is 9.18 Å². The van der Waals surface area contributed by atoms with Crippen LogP contribution >= 0.6 is 0 Å². The van der Waals surface area contributed by atoms with Crippen molar-refractivity contribution in [2.75, 3.05) is 6.54 Å². The summed E-state index contributed by atoms with van der Waals surface area (Å²) in [5, 5.41) is 2.73. The highest BCUT2D eigenvalue weighted by Gasteiger charge is 2.36. The minimum absolute atomic E-state index is 0.102. The Balaban J connectivity index is 1.98. The molecule has 1 aromatic rings. The lowest BCUT2D eigenvalue weighted by atomic mass is 10.1. The molecule has 6 heteroatoms. The van der Waals surface area contributed by atoms with Crippen LogP contribution in [0.1, 0.15) is 44.7 Å². The number of carbonyl (C=O) groups is 2. The zero-order chi connectivity index (χ0) is 17.9. The lowest BCUT2D eigenvalue weighted by Gasteiger charge is -2.28. The minimum Gasteiger partial charge on any atom is -0.444 e. The Morgan fingerprint density at radius 3 is 2.75 bits per heavy atom. The molecular formula is C18H25FN2O3. The molecule has 1 unspecified atom stereocenters. The summed E-state index contributed by atoms with van der Waals surface area (Å²) < 4.78 is 19.3. The molecule has 0 bridgehead atoms. The van der Waals surface area contributed by atoms with E-state index in [2.05, 4.69) is 5.32 Å². The van der Waals surface area contributed by atoms with Crippen LogP contribution in [-0.4, -0.2) is 35.1 Å². The third-order valence-electron chi connectivity index (χ3n) is 3.91. The molecule has 0 spiro atoms. The van der Waals surface area contributed by atoms with Gasteiger partial charge in [0.25, 0.3) is 0 Å². The van der Waals surface area contributed by atoms with Crippen molar-refractivity contribution in [3.05, 3.63) is 35.1 Å². The van der Waals surface area contributed by atoms with Crippen molar-refractivity contribution >= 4 is 12.0 Å². The predicted octanol–water partition coefficient (Wildman–Crippen LogP) is 3.15. The topological polar surface area (TPSA) is 58.6 Å². The Kier molecular flexibility index (Phi) is 5.47. The first-order valence-electron chi connectivity index (χ1n) is 8.20. The molecule has 1 heterocycles. The molecule has 0 saturated carbocycles. The Labute approximate surface area is 142 Å². The summed E-state index contributed by atoms with van der Waals surface area (Å²) in [4.78, 5) is 26.1. The van der Waals surface area contributed by atoms with Gasteiger partial charge in [0.15, 0.2) is 0 Å². The third kappa shape index (κ3) is 4.46. The van der Waals surface area contributed by atoms with Crippen molar-refractivity contribution in [1.82, 2.24) is 10.2 Å². The van der Waals surface area contributed by atoms with E-state index in [1.54, 1.807) is 45.9 Å². The molecule has 24 heavy (non-hydrogen) atoms. The summed E-state index contributed by atoms with van der Waals surface area (Å²) in [6.07, 6.45) is 0.846. The van der Waals surface area contributed by atoms with E-state index in [9.17, 15) is 14.0 Å². The molecule has 0 aromatic heterocycles. The zero-order valence-electron chi connectivity index (χ0n) is 14.7. The van der Waals surface area contributed by atoms with Gasteiger partial charge in [0.1, 0.15) is 17.5 Å². The monoisotopic (exact) mass is 336 g/mol. The lowest BCUT2D eigenvalue weighted by molar-refractivity contribution is -0.125. The van der Waals surface area contributed by atoms with Crippen LogP contribution in [0.15, 0.2) is 18.2 Å². The zero-order valence-corrected chi connectivity index (χ0v) is 14.7. The number of hydrogen-bond acceptors (Lipinski definition) is 3. The van der Waals surface area contributed by atoms with E-state index in [1.807, 2.05) is 0 Å². The molecule has 1 aliphatic heterocycles. The van der Waals surface area contributed by atoms with Gasteiger partial charge in [0.2, 0.25) is 5.91 Å². The molecule has 0 aliphatic carbocycles. The number of nitrogens with one attached hydrogen (secondary N) is 1. The first-order chi connectivity index (χ1) is 11.2. The summed E-state index contributed by atoms with van der Waals surface area (Å²) in [6, 6.07) is 4.51. The first-order valence-corrected chi connectivity index (χ1v) is 8.20. The van der Waals surface area contributed by atoms with Crippen molar-refractivity contribution < 1.29 is 18.7 Å². The molecule has 1 atom stereocenters. The number of ether oxygens (including phenoxy) is 1. The van der Waals surface area contributed by atoms with Crippen molar-refractivity contribution in [3.8, 4) is 0 Å². The Hall–Kier alpha value is -2.11. The molecule has 1 saturated heterocycles. The fourth-order valence-electron chi connectivity index (χ4n) is 2.72. The van der Waals surface area contributed by atoms with E-state index in [-0.39, 0.29) is 18.3 Å². The van der Waals surface area contributed by atoms with E-state index < -0.39 is 17.7 Å². The maximum absolute atomic E-state index is 14.0. The molecule has 2 rings (SSSR count). The van der Waals surface area contributed by atoms with Crippen LogP contribution in [0.5, 0.6) is 0 Å². The molecule has 1 aliphatic rings. The van der Waals surface area contributed by atoms with Crippen LogP contribution in [0.2, 0.25) is 0 Å². The van der Waals surface area contributed by atoms with Crippen molar-refractivity contribution in [1.29, 1.82) is 0 Å². The van der Waals surface area contributed by atoms with Crippen LogP contribution in [0.3, 0.4) is 0 Å². The molecular weight excluding hydrogens is 311 g/mol. The number of amides is 2. The van der Waals surface area contributed by atoms with Crippen LogP contribution in [-0.2, 0) is 16.1 Å². The quantitative estimate of drug-likeness (QED) is 0.922. The van der Waals surface area contributed by atoms with Gasteiger partial charge >= 0.3 is 6.09 Å². The van der Waals surface area contributed by atoms with Gasteiger partial charge in [-0.05, 0) is 46.1 Å². The number of nitrogens with zero attached hydrogens (tertiary/aromatic N) is 1. The number of carbonyl (C=O) groups excluding carboxylic acids is 2. The van der Waals surface area contributed by atoms with E-state index in [0.717, 1.165) is 6.42 Å². The van der Waals surface area contributed by atoms with Gasteiger partial charge in [0, 0.05) is 18.7 Å². The van der Waals surface area contributed by atoms with E-state index in [4.69, 9.17) is 4.74 Å². The number of hydrogen-bond donors (Lipinski definition) is 1. The molecule has 5 nitrogen and oxygen atoms in total. The third-order valence-corrected chi connectivity index (χ3v) is 3.91. The normalized spacial score (nSPS) is 17.7. The Morgan fingerprint density at radius 2 is 2.08 bits per heavy atom. The van der Waals surface area contributed by atoms with Crippen molar-refractivity contribution in [2.45, 2.75) is 58.7 Å². The lowest BCUT2D eigenvalue weighted by Crippen LogP contribution is -2.47. The predicted molar refractivity (Wildman–Crippen MR) is 88.9 cm³/mol. The highest BCUT2D eigenvalue weighted by Crippen LogP contribution is 2.21. The first kappa shape index (κ1) is 18.2. The average molecular weight is 336 g/mol. The summed E-state index contributed by atoms with van der Waals surface area (Å²) in [6.45, 7) is 7.64. The van der Waals surface area contributed by atoms with Gasteiger partial charge in [-0.3, -0.25) is 9.69 Å². The fraction of sp³-hybridized carbons (Fsp3) is 0.556. The summed E-state index contributed by atoms with van der Waals surface area (Å²) >= 11 is 0. The van der Waals surface area contributed by atoms with Gasteiger partial charge < -0.3 is 10.1 Å². The van der Waals surface area contributed by atoms with Gasteiger partial charge in [-0.1, -0.05) is 18.2 Å². The second kappa shape index (κ2) is 7.20. The number of rotatable bonds is 3. The molecule has 1 N–H and O–H groups in total. The second-order valence-electron chi connectivity index (χ2n) is 7.10. The second-order valence-corrected chi connectivity index (χ2v) is 7.10. The smallest absolute Gasteiger partial charge is 0.410 e. The van der Waals surface area contributed by atoms with E-state index in [0.29, 0.717) is 24.1 Å². The highest BCUT2D eigenvalue weighted by atomic mass is 19.1. The molecule has 1 fully saturated rings. The van der Waals surface area contributed by atoms with Crippen molar-refractivity contribution in [3.63, 3.8) is 0 Å². The van der Waals surface area contributed by atoms with E-state index >= 15 is 0 Å². The van der Waals surface area contributed by atoms with Gasteiger partial charge in [-0.15, -0.1) is 0 Å². The molecule has 2 amide bonds. The highest BCUT2D eigenvalue weighted by molar-refractivity contribution is 5.86. The van der Waals surface area contributed by atoms with Crippen LogP contribution in [0.4, 0.5) is 9.18 Å². The SMILES string of the molecule is Cc1cccc(CNC(=O)C2CCCN2C(=O)OC(C)(C)C)c1F. The standard InChI is InChI=1S/C18H25FN2O3/c1-12-7-5-8-13(15(12)19)11-20-16(22)14-9-6-10-21(14)17(23)24-18(2,3)4/h5,7-8,14H,6,9-11H2,1-4H3,(H,20,22). The van der Waals surface area contributed by atoms with Crippen LogP contribution in [0, 0.1) is 12.7 Å². The Morgan fingerprint density at radius 1 is 1.38 bits per heavy atom. The fourth-order valence-corrected chi connectivity index (χ4v) is 2.72. The minimum atomic E-state index is -0.606. The maximum atomic E-state index is 14.0. The summed E-state index contributed by atoms with van der Waals surface area (Å²) in [7, 11) is 0. The van der Waals surface area contributed by atoms with Crippen LogP contribution in [0.25, 0.3) is 0 Å². The number of benzene rings is 1. The molecule has 1 aromatic carbocycles. The van der Waals surface area contributed by atoms with E-state index in [1.165, 1.54) is 4.90 Å². The number of likely N-dealkylation sites (tertiary alicyclic amines) is 1. The molecule has 0 radical (unpaired) electrons. The maximum Gasteiger partial charge on any atom is 0.410 e. The number of aryl methyl sites for hydroxylation is 1. The average Bonchev–Trinajstić information content (AvgIpc) is 2.96. The largest absolute Gasteiger partial charge is 0.444 e.